The SMILES string of the molecule is CCOC(=O)CNC(=O)[C@]12CCC(C)(C)C[C@@H]1C1=CC[C@@H]3[C@@]4(C)CC[C@H](O)[C@@](C)(CO)C4CC[C@@]3(C)[C@]1(C)CC2. The second-order valence-corrected chi connectivity index (χ2v) is 16.1. The molecule has 1 unspecified atom stereocenters. The maximum Gasteiger partial charge on any atom is 0.325 e. The second-order valence-electron chi connectivity index (χ2n) is 16.1. The van der Waals surface area contributed by atoms with E-state index in [1.165, 1.54) is 5.57 Å². The Labute approximate surface area is 242 Å². The van der Waals surface area contributed by atoms with Crippen molar-refractivity contribution >= 4 is 11.9 Å². The van der Waals surface area contributed by atoms with E-state index in [-0.39, 0.29) is 52.6 Å². The first kappa shape index (κ1) is 30.1. The third-order valence-corrected chi connectivity index (χ3v) is 13.9. The summed E-state index contributed by atoms with van der Waals surface area (Å²) in [6.07, 6.45) is 11.7. The number of hydrogen-bond acceptors (Lipinski definition) is 5. The van der Waals surface area contributed by atoms with Crippen molar-refractivity contribution in [2.45, 2.75) is 119 Å². The fourth-order valence-corrected chi connectivity index (χ4v) is 11.2. The molecule has 40 heavy (non-hydrogen) atoms. The molecule has 5 aliphatic carbocycles. The molecule has 6 nitrogen and oxygen atoms in total. The molecule has 0 aliphatic heterocycles. The number of carbonyl (C=O) groups excluding carboxylic acids is 2. The summed E-state index contributed by atoms with van der Waals surface area (Å²) in [5, 5.41) is 24.5. The standard InChI is InChI=1S/C34H55NO5/c1-8-40-27(38)20-35-28(39)34-17-15-29(2,3)19-23(34)22-9-10-25-30(4)13-12-26(37)31(5,21-36)24(30)11-14-33(25,7)32(22,6)16-18-34/h9,23-26,36-37H,8,10-21H2,1-7H3,(H,35,39)/t23-,24?,25-,26+,30+,31+,32-,33-,34+/m1/s1. The molecule has 6 heteroatoms. The Kier molecular flexibility index (Phi) is 7.39. The molecule has 0 bridgehead atoms. The van der Waals surface area contributed by atoms with Crippen LogP contribution >= 0.6 is 0 Å². The van der Waals surface area contributed by atoms with Gasteiger partial charge in [0.15, 0.2) is 0 Å². The van der Waals surface area contributed by atoms with Gasteiger partial charge in [0.2, 0.25) is 5.91 Å². The molecule has 5 rings (SSSR count). The smallest absolute Gasteiger partial charge is 0.325 e. The number of amides is 1. The summed E-state index contributed by atoms with van der Waals surface area (Å²) in [5.74, 6) is 0.622. The largest absolute Gasteiger partial charge is 0.465 e. The van der Waals surface area contributed by atoms with Crippen molar-refractivity contribution in [1.82, 2.24) is 5.32 Å². The summed E-state index contributed by atoms with van der Waals surface area (Å²) in [6.45, 7) is 16.4. The molecule has 0 aromatic heterocycles. The van der Waals surface area contributed by atoms with Crippen LogP contribution in [-0.4, -0.2) is 48.0 Å². The predicted molar refractivity (Wildman–Crippen MR) is 156 cm³/mol. The lowest BCUT2D eigenvalue weighted by molar-refractivity contribution is -0.215. The van der Waals surface area contributed by atoms with Gasteiger partial charge in [0.05, 0.1) is 24.7 Å². The molecule has 0 spiro atoms. The zero-order valence-electron chi connectivity index (χ0n) is 26.2. The zero-order valence-corrected chi connectivity index (χ0v) is 26.2. The van der Waals surface area contributed by atoms with E-state index in [1.807, 2.05) is 0 Å². The van der Waals surface area contributed by atoms with Gasteiger partial charge in [-0.1, -0.05) is 53.2 Å². The number of carbonyl (C=O) groups is 2. The highest BCUT2D eigenvalue weighted by Gasteiger charge is 2.69. The summed E-state index contributed by atoms with van der Waals surface area (Å²) >= 11 is 0. The Balaban J connectivity index is 1.52. The van der Waals surface area contributed by atoms with Gasteiger partial charge in [0, 0.05) is 5.41 Å². The maximum atomic E-state index is 14.0. The molecule has 1 amide bonds. The summed E-state index contributed by atoms with van der Waals surface area (Å²) < 4.78 is 5.11. The number of aliphatic hydroxyl groups is 2. The van der Waals surface area contributed by atoms with Gasteiger partial charge in [-0.15, -0.1) is 0 Å². The van der Waals surface area contributed by atoms with Crippen LogP contribution in [0, 0.1) is 50.2 Å². The summed E-state index contributed by atoms with van der Waals surface area (Å²) in [7, 11) is 0. The zero-order chi connectivity index (χ0) is 29.4. The summed E-state index contributed by atoms with van der Waals surface area (Å²) in [6, 6.07) is 0. The summed E-state index contributed by atoms with van der Waals surface area (Å²) in [4.78, 5) is 26.1. The number of nitrogens with one attached hydrogen (secondary N) is 1. The number of fused-ring (bicyclic) bond motifs is 7. The van der Waals surface area contributed by atoms with Crippen LogP contribution in [-0.2, 0) is 14.3 Å². The molecule has 4 saturated carbocycles. The van der Waals surface area contributed by atoms with Crippen molar-refractivity contribution in [2.75, 3.05) is 19.8 Å². The van der Waals surface area contributed by atoms with Crippen molar-refractivity contribution in [2.24, 2.45) is 50.2 Å². The average molecular weight is 558 g/mol. The van der Waals surface area contributed by atoms with Crippen LogP contribution in [0.5, 0.6) is 0 Å². The molecule has 5 aliphatic rings. The van der Waals surface area contributed by atoms with E-state index in [1.54, 1.807) is 6.92 Å². The fourth-order valence-electron chi connectivity index (χ4n) is 11.2. The van der Waals surface area contributed by atoms with Crippen LogP contribution in [0.25, 0.3) is 0 Å². The lowest BCUT2D eigenvalue weighted by Crippen LogP contribution is -2.66. The highest BCUT2D eigenvalue weighted by atomic mass is 16.5. The fraction of sp³-hybridized carbons (Fsp3) is 0.882. The Morgan fingerprint density at radius 1 is 0.975 bits per heavy atom. The number of allylic oxidation sites excluding steroid dienone is 2. The lowest BCUT2D eigenvalue weighted by atomic mass is 9.33. The van der Waals surface area contributed by atoms with Crippen LogP contribution in [0.2, 0.25) is 0 Å². The van der Waals surface area contributed by atoms with Crippen molar-refractivity contribution in [3.63, 3.8) is 0 Å². The van der Waals surface area contributed by atoms with Crippen molar-refractivity contribution in [1.29, 1.82) is 0 Å². The van der Waals surface area contributed by atoms with Crippen molar-refractivity contribution in [3.05, 3.63) is 11.6 Å². The molecule has 0 heterocycles. The minimum absolute atomic E-state index is 0.00140. The van der Waals surface area contributed by atoms with Crippen molar-refractivity contribution < 1.29 is 24.5 Å². The normalized spacial score (nSPS) is 47.5. The molecule has 9 atom stereocenters. The van der Waals surface area contributed by atoms with Crippen LogP contribution < -0.4 is 5.32 Å². The van der Waals surface area contributed by atoms with Gasteiger partial charge in [0.1, 0.15) is 6.54 Å². The molecule has 226 valence electrons. The molecule has 0 saturated heterocycles. The first-order chi connectivity index (χ1) is 18.6. The predicted octanol–water partition coefficient (Wildman–Crippen LogP) is 5.80. The van der Waals surface area contributed by atoms with Crippen molar-refractivity contribution in [3.8, 4) is 0 Å². The molecular formula is C34H55NO5. The molecule has 4 fully saturated rings. The number of rotatable bonds is 5. The van der Waals surface area contributed by atoms with Gasteiger partial charge in [-0.3, -0.25) is 9.59 Å². The Bertz CT molecular complexity index is 1070. The molecule has 0 aromatic carbocycles. The van der Waals surface area contributed by atoms with Gasteiger partial charge >= 0.3 is 5.97 Å². The highest BCUT2D eigenvalue weighted by Crippen LogP contribution is 2.75. The Hall–Kier alpha value is -1.40. The number of hydrogen-bond donors (Lipinski definition) is 3. The van der Waals surface area contributed by atoms with E-state index in [2.05, 4.69) is 52.9 Å². The monoisotopic (exact) mass is 557 g/mol. The first-order valence-corrected chi connectivity index (χ1v) is 16.1. The van der Waals surface area contributed by atoms with E-state index < -0.39 is 16.9 Å². The van der Waals surface area contributed by atoms with E-state index in [0.717, 1.165) is 64.2 Å². The van der Waals surface area contributed by atoms with Gasteiger partial charge in [-0.2, -0.15) is 0 Å². The van der Waals surface area contributed by atoms with Gasteiger partial charge in [0.25, 0.3) is 0 Å². The average Bonchev–Trinajstić information content (AvgIpc) is 2.90. The maximum absolute atomic E-state index is 14.0. The van der Waals surface area contributed by atoms with E-state index in [9.17, 15) is 19.8 Å². The van der Waals surface area contributed by atoms with E-state index in [4.69, 9.17) is 4.74 Å². The first-order valence-electron chi connectivity index (χ1n) is 16.1. The van der Waals surface area contributed by atoms with Crippen LogP contribution in [0.3, 0.4) is 0 Å². The molecule has 0 radical (unpaired) electrons. The quantitative estimate of drug-likeness (QED) is 0.293. The van der Waals surface area contributed by atoms with Gasteiger partial charge in [-0.25, -0.2) is 0 Å². The third kappa shape index (κ3) is 4.08. The molecule has 0 aromatic rings. The van der Waals surface area contributed by atoms with E-state index >= 15 is 0 Å². The topological polar surface area (TPSA) is 95.9 Å². The Morgan fingerprint density at radius 3 is 2.35 bits per heavy atom. The van der Waals surface area contributed by atoms with Crippen LogP contribution in [0.15, 0.2) is 11.6 Å². The number of aliphatic hydroxyl groups excluding tert-OH is 2. The molecule has 3 N–H and O–H groups in total. The van der Waals surface area contributed by atoms with Crippen LogP contribution in [0.1, 0.15) is 113 Å². The minimum Gasteiger partial charge on any atom is -0.465 e. The number of esters is 1. The van der Waals surface area contributed by atoms with Gasteiger partial charge in [-0.05, 0) is 111 Å². The Morgan fingerprint density at radius 2 is 1.68 bits per heavy atom. The summed E-state index contributed by atoms with van der Waals surface area (Å²) in [5.41, 5.74) is 0.895. The third-order valence-electron chi connectivity index (χ3n) is 13.9. The lowest BCUT2D eigenvalue weighted by Gasteiger charge is -2.71. The van der Waals surface area contributed by atoms with Crippen LogP contribution in [0.4, 0.5) is 0 Å². The number of ether oxygens (including phenoxy) is 1. The minimum atomic E-state index is -0.470. The highest BCUT2D eigenvalue weighted by molar-refractivity contribution is 5.87. The second kappa shape index (κ2) is 9.82. The van der Waals surface area contributed by atoms with Gasteiger partial charge < -0.3 is 20.3 Å². The molecular weight excluding hydrogens is 502 g/mol. The van der Waals surface area contributed by atoms with E-state index in [0.29, 0.717) is 18.4 Å².